The molecule has 1 aliphatic rings. The van der Waals surface area contributed by atoms with Crippen molar-refractivity contribution in [2.24, 2.45) is 0 Å². The number of hydrogen-bond donors (Lipinski definition) is 0. The molecule has 1 aliphatic heterocycles. The van der Waals surface area contributed by atoms with Crippen LogP contribution in [0.1, 0.15) is 13.8 Å². The number of carbonyl (C=O) groups excluding carboxylic acids is 4. The summed E-state index contributed by atoms with van der Waals surface area (Å²) in [4.78, 5) is 46.5. The van der Waals surface area contributed by atoms with Crippen LogP contribution in [0.2, 0.25) is 0 Å². The predicted octanol–water partition coefficient (Wildman–Crippen LogP) is -0.0298. The van der Waals surface area contributed by atoms with Crippen LogP contribution in [0.15, 0.2) is 0 Å². The van der Waals surface area contributed by atoms with Crippen LogP contribution >= 0.6 is 0 Å². The number of carbonyl (C=O) groups is 4. The number of hydrogen-bond acceptors (Lipinski definition) is 6. The molecule has 0 atom stereocenters. The lowest BCUT2D eigenvalue weighted by Gasteiger charge is -2.32. The lowest BCUT2D eigenvalue weighted by molar-refractivity contribution is -0.137. The van der Waals surface area contributed by atoms with E-state index in [0.717, 1.165) is 13.8 Å². The fourth-order valence-electron chi connectivity index (χ4n) is 1.45. The lowest BCUT2D eigenvalue weighted by atomic mass is 10.3. The fraction of sp³-hybridized carbons (Fsp3) is 0.600. The second-order valence-electron chi connectivity index (χ2n) is 3.69. The van der Waals surface area contributed by atoms with Gasteiger partial charge in [0.1, 0.15) is 0 Å². The van der Waals surface area contributed by atoms with E-state index in [9.17, 15) is 19.2 Å². The van der Waals surface area contributed by atoms with Crippen molar-refractivity contribution in [1.82, 2.24) is 9.80 Å². The van der Waals surface area contributed by atoms with E-state index >= 15 is 0 Å². The average molecular weight is 258 g/mol. The summed E-state index contributed by atoms with van der Waals surface area (Å²) in [5.41, 5.74) is 0. The van der Waals surface area contributed by atoms with Crippen LogP contribution in [-0.2, 0) is 19.1 Å². The molecule has 100 valence electrons. The summed E-state index contributed by atoms with van der Waals surface area (Å²) in [5.74, 6) is -1.36. The Bertz CT molecular complexity index is 337. The molecule has 0 radical (unpaired) electrons. The van der Waals surface area contributed by atoms with Gasteiger partial charge in [0.2, 0.25) is 0 Å². The van der Waals surface area contributed by atoms with Gasteiger partial charge < -0.3 is 19.3 Å². The molecule has 0 aromatic rings. The Morgan fingerprint density at radius 2 is 1.00 bits per heavy atom. The first-order valence-corrected chi connectivity index (χ1v) is 5.35. The van der Waals surface area contributed by atoms with Crippen LogP contribution in [0, 0.1) is 0 Å². The Kier molecular flexibility index (Phi) is 4.64. The quantitative estimate of drug-likeness (QED) is 0.447. The van der Waals surface area contributed by atoms with Crippen LogP contribution in [0.3, 0.4) is 0 Å². The molecular formula is C10H14N2O6. The summed E-state index contributed by atoms with van der Waals surface area (Å²) in [7, 11) is 0. The minimum absolute atomic E-state index is 0.221. The van der Waals surface area contributed by atoms with E-state index in [1.54, 1.807) is 0 Å². The first-order chi connectivity index (χ1) is 8.40. The van der Waals surface area contributed by atoms with Gasteiger partial charge in [0.05, 0.1) is 0 Å². The molecule has 0 bridgehead atoms. The molecule has 0 aromatic carbocycles. The van der Waals surface area contributed by atoms with Crippen LogP contribution in [0.5, 0.6) is 0 Å². The molecule has 1 saturated heterocycles. The predicted molar refractivity (Wildman–Crippen MR) is 57.5 cm³/mol. The van der Waals surface area contributed by atoms with Gasteiger partial charge in [-0.3, -0.25) is 9.59 Å². The molecule has 0 N–H and O–H groups in total. The van der Waals surface area contributed by atoms with Crippen molar-refractivity contribution in [3.05, 3.63) is 0 Å². The van der Waals surface area contributed by atoms with E-state index < -0.39 is 24.1 Å². The third kappa shape index (κ3) is 4.04. The Morgan fingerprint density at radius 3 is 1.22 bits per heavy atom. The highest BCUT2D eigenvalue weighted by Crippen LogP contribution is 2.05. The second kappa shape index (κ2) is 5.99. The molecule has 0 saturated carbocycles. The van der Waals surface area contributed by atoms with Gasteiger partial charge in [-0.05, 0) is 0 Å². The van der Waals surface area contributed by atoms with Crippen LogP contribution < -0.4 is 0 Å². The smallest absolute Gasteiger partial charge is 0.376 e. The Morgan fingerprint density at radius 1 is 0.722 bits per heavy atom. The zero-order valence-corrected chi connectivity index (χ0v) is 10.2. The molecule has 0 aliphatic carbocycles. The molecule has 2 amide bonds. The van der Waals surface area contributed by atoms with E-state index in [2.05, 4.69) is 9.47 Å². The number of ether oxygens (including phenoxy) is 2. The zero-order chi connectivity index (χ0) is 13.7. The minimum Gasteiger partial charge on any atom is -0.376 e. The molecule has 8 nitrogen and oxygen atoms in total. The minimum atomic E-state index is -0.734. The lowest BCUT2D eigenvalue weighted by Crippen LogP contribution is -2.51. The van der Waals surface area contributed by atoms with E-state index in [0.29, 0.717) is 0 Å². The van der Waals surface area contributed by atoms with E-state index in [-0.39, 0.29) is 26.2 Å². The molecule has 1 heterocycles. The number of amides is 2. The van der Waals surface area contributed by atoms with Crippen LogP contribution in [-0.4, -0.2) is 60.1 Å². The van der Waals surface area contributed by atoms with Crippen molar-refractivity contribution < 1.29 is 28.7 Å². The van der Waals surface area contributed by atoms with Crippen LogP contribution in [0.25, 0.3) is 0 Å². The third-order valence-electron chi connectivity index (χ3n) is 2.26. The Hall–Kier alpha value is -2.12. The third-order valence-corrected chi connectivity index (χ3v) is 2.26. The largest absolute Gasteiger partial charge is 0.417 e. The number of piperazine rings is 1. The standard InChI is InChI=1S/C10H14N2O6/c1-7(13)17-9(15)11-3-5-12(6-4-11)10(16)18-8(2)14/h3-6H2,1-2H3. The van der Waals surface area contributed by atoms with E-state index in [4.69, 9.17) is 0 Å². The molecule has 1 rings (SSSR count). The molecule has 8 heteroatoms. The first-order valence-electron chi connectivity index (χ1n) is 5.35. The maximum atomic E-state index is 11.4. The second-order valence-corrected chi connectivity index (χ2v) is 3.69. The molecule has 0 unspecified atom stereocenters. The Labute approximate surface area is 103 Å². The van der Waals surface area contributed by atoms with Gasteiger partial charge >= 0.3 is 24.1 Å². The van der Waals surface area contributed by atoms with Gasteiger partial charge in [-0.25, -0.2) is 9.59 Å². The van der Waals surface area contributed by atoms with Gasteiger partial charge in [0.15, 0.2) is 0 Å². The molecule has 18 heavy (non-hydrogen) atoms. The van der Waals surface area contributed by atoms with Crippen molar-refractivity contribution in [1.29, 1.82) is 0 Å². The summed E-state index contributed by atoms with van der Waals surface area (Å²) < 4.78 is 8.82. The number of esters is 2. The molecule has 1 fully saturated rings. The molecule has 0 spiro atoms. The normalized spacial score (nSPS) is 15.0. The first kappa shape index (κ1) is 13.9. The summed E-state index contributed by atoms with van der Waals surface area (Å²) in [5, 5.41) is 0. The maximum Gasteiger partial charge on any atom is 0.417 e. The van der Waals surface area contributed by atoms with Crippen molar-refractivity contribution in [3.63, 3.8) is 0 Å². The highest BCUT2D eigenvalue weighted by atomic mass is 16.6. The van der Waals surface area contributed by atoms with Gasteiger partial charge in [-0.2, -0.15) is 0 Å². The van der Waals surface area contributed by atoms with Crippen molar-refractivity contribution in [3.8, 4) is 0 Å². The monoisotopic (exact) mass is 258 g/mol. The van der Waals surface area contributed by atoms with Crippen molar-refractivity contribution in [2.75, 3.05) is 26.2 Å². The van der Waals surface area contributed by atoms with Crippen molar-refractivity contribution in [2.45, 2.75) is 13.8 Å². The SMILES string of the molecule is CC(=O)OC(=O)N1CCN(C(=O)OC(C)=O)CC1. The highest BCUT2D eigenvalue weighted by molar-refractivity contribution is 5.84. The molecular weight excluding hydrogens is 244 g/mol. The molecule has 0 aromatic heterocycles. The highest BCUT2D eigenvalue weighted by Gasteiger charge is 2.27. The summed E-state index contributed by atoms with van der Waals surface area (Å²) >= 11 is 0. The zero-order valence-electron chi connectivity index (χ0n) is 10.2. The summed E-state index contributed by atoms with van der Waals surface area (Å²) in [6.07, 6.45) is -1.47. The van der Waals surface area contributed by atoms with Gasteiger partial charge in [-0.1, -0.05) is 0 Å². The van der Waals surface area contributed by atoms with Crippen LogP contribution in [0.4, 0.5) is 9.59 Å². The summed E-state index contributed by atoms with van der Waals surface area (Å²) in [6, 6.07) is 0. The van der Waals surface area contributed by atoms with Gasteiger partial charge in [-0.15, -0.1) is 0 Å². The number of rotatable bonds is 0. The number of nitrogens with zero attached hydrogens (tertiary/aromatic N) is 2. The van der Waals surface area contributed by atoms with Crippen molar-refractivity contribution >= 4 is 24.1 Å². The maximum absolute atomic E-state index is 11.4. The Balaban J connectivity index is 2.41. The van der Waals surface area contributed by atoms with E-state index in [1.165, 1.54) is 9.80 Å². The van der Waals surface area contributed by atoms with Gasteiger partial charge in [0.25, 0.3) is 0 Å². The summed E-state index contributed by atoms with van der Waals surface area (Å²) in [6.45, 7) is 3.16. The average Bonchev–Trinajstić information content (AvgIpc) is 2.27. The van der Waals surface area contributed by atoms with E-state index in [1.807, 2.05) is 0 Å². The van der Waals surface area contributed by atoms with Gasteiger partial charge in [0, 0.05) is 40.0 Å². The fourth-order valence-corrected chi connectivity index (χ4v) is 1.45. The topological polar surface area (TPSA) is 93.2 Å².